The van der Waals surface area contributed by atoms with E-state index in [1.807, 2.05) is 52.0 Å². The highest BCUT2D eigenvalue weighted by molar-refractivity contribution is 5.93. The van der Waals surface area contributed by atoms with Crippen molar-refractivity contribution in [3.63, 3.8) is 0 Å². The third-order valence-corrected chi connectivity index (χ3v) is 4.24. The third-order valence-electron chi connectivity index (χ3n) is 4.24. The highest BCUT2D eigenvalue weighted by Gasteiger charge is 2.35. The number of ether oxygens (including phenoxy) is 2. The van der Waals surface area contributed by atoms with Crippen LogP contribution in [0.2, 0.25) is 0 Å². The van der Waals surface area contributed by atoms with E-state index in [4.69, 9.17) is 9.47 Å². The lowest BCUT2D eigenvalue weighted by Crippen LogP contribution is -2.58. The maximum atomic E-state index is 12.7. The molecular formula is C21H31N3O5. The number of hydrogen-bond donors (Lipinski definition) is 2. The van der Waals surface area contributed by atoms with Gasteiger partial charge in [0.1, 0.15) is 11.8 Å². The Morgan fingerprint density at radius 3 is 2.72 bits per heavy atom. The first-order valence-electron chi connectivity index (χ1n) is 9.99. The molecule has 1 aliphatic heterocycles. The summed E-state index contributed by atoms with van der Waals surface area (Å²) in [5, 5.41) is 5.77. The summed E-state index contributed by atoms with van der Waals surface area (Å²) in [6, 6.07) is 6.49. The van der Waals surface area contributed by atoms with E-state index >= 15 is 0 Å². The molecule has 1 aromatic rings. The summed E-state index contributed by atoms with van der Waals surface area (Å²) in [5.74, 6) is -0.155. The fourth-order valence-corrected chi connectivity index (χ4v) is 2.92. The van der Waals surface area contributed by atoms with Crippen molar-refractivity contribution in [1.82, 2.24) is 10.2 Å². The molecule has 0 spiro atoms. The summed E-state index contributed by atoms with van der Waals surface area (Å²) in [4.78, 5) is 38.5. The number of carbonyl (C=O) groups excluding carboxylic acids is 3. The second-order valence-electron chi connectivity index (χ2n) is 7.72. The van der Waals surface area contributed by atoms with Gasteiger partial charge >= 0.3 is 5.97 Å². The average Bonchev–Trinajstić information content (AvgIpc) is 2.66. The molecule has 0 bridgehead atoms. The topological polar surface area (TPSA) is 97.0 Å². The minimum absolute atomic E-state index is 0.00987. The Morgan fingerprint density at radius 2 is 2.03 bits per heavy atom. The molecule has 0 saturated carbocycles. The van der Waals surface area contributed by atoms with Gasteiger partial charge in [0.15, 0.2) is 0 Å². The Labute approximate surface area is 171 Å². The van der Waals surface area contributed by atoms with Crippen molar-refractivity contribution >= 4 is 23.5 Å². The Hall–Kier alpha value is -2.77. The summed E-state index contributed by atoms with van der Waals surface area (Å²) in [6.45, 7) is 8.76. The minimum Gasteiger partial charge on any atom is -0.491 e. The van der Waals surface area contributed by atoms with E-state index in [2.05, 4.69) is 10.6 Å². The molecule has 0 radical (unpaired) electrons. The number of anilines is 1. The van der Waals surface area contributed by atoms with Gasteiger partial charge in [0.05, 0.1) is 25.7 Å². The van der Waals surface area contributed by atoms with Crippen molar-refractivity contribution in [2.45, 2.75) is 46.3 Å². The second kappa shape index (κ2) is 10.7. The standard InChI is InChI=1S/C21H31N3O5/c1-14(2)13-28-20(26)11-18-21(27)22-8-9-24(18)19(25)12-23-16-6-5-7-17(10-16)29-15(3)4/h5-7,10,14-15,18,23H,8-9,11-13H2,1-4H3,(H,22,27). The van der Waals surface area contributed by atoms with Gasteiger partial charge in [-0.05, 0) is 31.9 Å². The highest BCUT2D eigenvalue weighted by Crippen LogP contribution is 2.19. The molecule has 1 saturated heterocycles. The Balaban J connectivity index is 1.96. The molecule has 1 atom stereocenters. The molecule has 0 aromatic heterocycles. The van der Waals surface area contributed by atoms with Crippen LogP contribution >= 0.6 is 0 Å². The van der Waals surface area contributed by atoms with Gasteiger partial charge in [0.25, 0.3) is 0 Å². The van der Waals surface area contributed by atoms with Gasteiger partial charge in [-0.25, -0.2) is 0 Å². The van der Waals surface area contributed by atoms with Crippen LogP contribution in [0.1, 0.15) is 34.1 Å². The van der Waals surface area contributed by atoms with Gasteiger partial charge in [0.2, 0.25) is 11.8 Å². The predicted octanol–water partition coefficient (Wildman–Crippen LogP) is 1.80. The molecule has 1 aliphatic rings. The molecule has 0 aliphatic carbocycles. The molecule has 1 unspecified atom stereocenters. The minimum atomic E-state index is -0.853. The molecule has 1 aromatic carbocycles. The number of carbonyl (C=O) groups is 3. The van der Waals surface area contributed by atoms with E-state index in [0.29, 0.717) is 18.8 Å². The summed E-state index contributed by atoms with van der Waals surface area (Å²) in [7, 11) is 0. The first-order valence-corrected chi connectivity index (χ1v) is 9.99. The van der Waals surface area contributed by atoms with Crippen LogP contribution in [0, 0.1) is 5.92 Å². The van der Waals surface area contributed by atoms with Crippen LogP contribution in [0.15, 0.2) is 24.3 Å². The monoisotopic (exact) mass is 405 g/mol. The zero-order valence-corrected chi connectivity index (χ0v) is 17.6. The van der Waals surface area contributed by atoms with Crippen molar-refractivity contribution in [1.29, 1.82) is 0 Å². The molecule has 2 rings (SSSR count). The summed E-state index contributed by atoms with van der Waals surface area (Å²) in [5.41, 5.74) is 0.742. The van der Waals surface area contributed by atoms with E-state index in [0.717, 1.165) is 5.69 Å². The maximum Gasteiger partial charge on any atom is 0.308 e. The van der Waals surface area contributed by atoms with Crippen LogP contribution in [0.3, 0.4) is 0 Å². The van der Waals surface area contributed by atoms with Crippen LogP contribution in [0.5, 0.6) is 5.75 Å². The summed E-state index contributed by atoms with van der Waals surface area (Å²) < 4.78 is 10.8. The van der Waals surface area contributed by atoms with Gasteiger partial charge in [-0.1, -0.05) is 19.9 Å². The number of benzene rings is 1. The Kier molecular flexibility index (Phi) is 8.30. The molecule has 1 fully saturated rings. The SMILES string of the molecule is CC(C)COC(=O)CC1C(=O)NCCN1C(=O)CNc1cccc(OC(C)C)c1. The lowest BCUT2D eigenvalue weighted by Gasteiger charge is -2.34. The van der Waals surface area contributed by atoms with Gasteiger partial charge in [-0.15, -0.1) is 0 Å². The Morgan fingerprint density at radius 1 is 1.28 bits per heavy atom. The van der Waals surface area contributed by atoms with E-state index < -0.39 is 12.0 Å². The van der Waals surface area contributed by atoms with E-state index in [-0.39, 0.29) is 43.4 Å². The van der Waals surface area contributed by atoms with Gasteiger partial charge < -0.3 is 25.0 Å². The quantitative estimate of drug-likeness (QED) is 0.608. The molecule has 2 amide bonds. The summed E-state index contributed by atoms with van der Waals surface area (Å²) in [6.07, 6.45) is -0.0999. The summed E-state index contributed by atoms with van der Waals surface area (Å²) >= 11 is 0. The normalized spacial score (nSPS) is 16.6. The first kappa shape index (κ1) is 22.5. The molecular weight excluding hydrogens is 374 g/mol. The zero-order valence-electron chi connectivity index (χ0n) is 17.6. The number of nitrogens with one attached hydrogen (secondary N) is 2. The van der Waals surface area contributed by atoms with Crippen molar-refractivity contribution in [2.75, 3.05) is 31.6 Å². The number of esters is 1. The van der Waals surface area contributed by atoms with E-state index in [1.165, 1.54) is 4.90 Å². The highest BCUT2D eigenvalue weighted by atomic mass is 16.5. The van der Waals surface area contributed by atoms with Crippen LogP contribution < -0.4 is 15.4 Å². The van der Waals surface area contributed by atoms with Crippen molar-refractivity contribution in [3.8, 4) is 5.75 Å². The molecule has 160 valence electrons. The van der Waals surface area contributed by atoms with Crippen LogP contribution in [0.25, 0.3) is 0 Å². The number of rotatable bonds is 9. The van der Waals surface area contributed by atoms with E-state index in [1.54, 1.807) is 0 Å². The predicted molar refractivity (Wildman–Crippen MR) is 110 cm³/mol. The smallest absolute Gasteiger partial charge is 0.308 e. The van der Waals surface area contributed by atoms with Gasteiger partial charge in [0, 0.05) is 24.8 Å². The maximum absolute atomic E-state index is 12.7. The lowest BCUT2D eigenvalue weighted by atomic mass is 10.1. The number of nitrogens with zero attached hydrogens (tertiary/aromatic N) is 1. The average molecular weight is 405 g/mol. The van der Waals surface area contributed by atoms with Crippen molar-refractivity contribution < 1.29 is 23.9 Å². The number of piperazine rings is 1. The molecule has 29 heavy (non-hydrogen) atoms. The fourth-order valence-electron chi connectivity index (χ4n) is 2.92. The molecule has 8 nitrogen and oxygen atoms in total. The largest absolute Gasteiger partial charge is 0.491 e. The first-order chi connectivity index (χ1) is 13.8. The fraction of sp³-hybridized carbons (Fsp3) is 0.571. The molecule has 2 N–H and O–H groups in total. The number of hydrogen-bond acceptors (Lipinski definition) is 6. The zero-order chi connectivity index (χ0) is 21.4. The van der Waals surface area contributed by atoms with Crippen molar-refractivity contribution in [3.05, 3.63) is 24.3 Å². The van der Waals surface area contributed by atoms with E-state index in [9.17, 15) is 14.4 Å². The second-order valence-corrected chi connectivity index (χ2v) is 7.72. The van der Waals surface area contributed by atoms with Gasteiger partial charge in [-0.2, -0.15) is 0 Å². The lowest BCUT2D eigenvalue weighted by molar-refractivity contribution is -0.152. The van der Waals surface area contributed by atoms with Crippen LogP contribution in [0.4, 0.5) is 5.69 Å². The number of amides is 2. The molecule has 8 heteroatoms. The third kappa shape index (κ3) is 7.29. The van der Waals surface area contributed by atoms with Crippen LogP contribution in [-0.4, -0.2) is 61.1 Å². The molecule has 1 heterocycles. The van der Waals surface area contributed by atoms with Gasteiger partial charge in [-0.3, -0.25) is 14.4 Å². The Bertz CT molecular complexity index is 720. The van der Waals surface area contributed by atoms with Crippen LogP contribution in [-0.2, 0) is 19.1 Å². The van der Waals surface area contributed by atoms with Crippen molar-refractivity contribution in [2.24, 2.45) is 5.92 Å².